The van der Waals surface area contributed by atoms with E-state index in [1.54, 1.807) is 24.3 Å². The summed E-state index contributed by atoms with van der Waals surface area (Å²) in [5.41, 5.74) is 0.439. The molecule has 28 heavy (non-hydrogen) atoms. The zero-order chi connectivity index (χ0) is 20.9. The van der Waals surface area contributed by atoms with E-state index >= 15 is 0 Å². The van der Waals surface area contributed by atoms with E-state index in [1.165, 1.54) is 19.3 Å². The minimum atomic E-state index is -1.83. The third-order valence-corrected chi connectivity index (χ3v) is 4.26. The van der Waals surface area contributed by atoms with Crippen LogP contribution in [0.4, 0.5) is 9.59 Å². The third kappa shape index (κ3) is 9.80. The first kappa shape index (κ1) is 23.3. The molecule has 8 heteroatoms. The summed E-state index contributed by atoms with van der Waals surface area (Å²) in [6.07, 6.45) is 2.78. The molecule has 0 radical (unpaired) electrons. The Hall–Kier alpha value is -2.77. The normalized spacial score (nSPS) is 15.0. The van der Waals surface area contributed by atoms with Crippen LogP contribution < -0.4 is 5.32 Å². The summed E-state index contributed by atoms with van der Waals surface area (Å²) < 4.78 is 10.6. The smallest absolute Gasteiger partial charge is 0.450 e. The maximum atomic E-state index is 12.1. The van der Waals surface area contributed by atoms with Gasteiger partial charge in [-0.2, -0.15) is 0 Å². The van der Waals surface area contributed by atoms with Crippen LogP contribution in [0.5, 0.6) is 0 Å². The highest BCUT2D eigenvalue weighted by atomic mass is 16.7. The number of rotatable bonds is 6. The van der Waals surface area contributed by atoms with E-state index < -0.39 is 24.5 Å². The van der Waals surface area contributed by atoms with Gasteiger partial charge in [0.2, 0.25) is 0 Å². The fourth-order valence-electron chi connectivity index (χ4n) is 2.81. The summed E-state index contributed by atoms with van der Waals surface area (Å²) >= 11 is 0. The molecule has 0 heterocycles. The molecule has 1 aliphatic carbocycles. The van der Waals surface area contributed by atoms with Crippen molar-refractivity contribution in [1.82, 2.24) is 5.32 Å². The van der Waals surface area contributed by atoms with Crippen LogP contribution in [0.2, 0.25) is 0 Å². The van der Waals surface area contributed by atoms with Gasteiger partial charge in [0, 0.05) is 12.5 Å². The molecule has 8 nitrogen and oxygen atoms in total. The first-order valence-electron chi connectivity index (χ1n) is 9.42. The van der Waals surface area contributed by atoms with Crippen molar-refractivity contribution >= 4 is 18.2 Å². The maximum Gasteiger partial charge on any atom is 0.503 e. The van der Waals surface area contributed by atoms with Crippen LogP contribution in [0.15, 0.2) is 30.3 Å². The Morgan fingerprint density at radius 3 is 2.14 bits per heavy atom. The molecule has 0 saturated heterocycles. The van der Waals surface area contributed by atoms with Gasteiger partial charge in [-0.15, -0.1) is 0 Å². The summed E-state index contributed by atoms with van der Waals surface area (Å²) in [6.45, 7) is 4.31. The predicted molar refractivity (Wildman–Crippen MR) is 102 cm³/mol. The van der Waals surface area contributed by atoms with Crippen LogP contribution in [-0.2, 0) is 9.47 Å². The Kier molecular flexibility index (Phi) is 10.5. The molecule has 2 rings (SSSR count). The second-order valence-corrected chi connectivity index (χ2v) is 6.96. The van der Waals surface area contributed by atoms with Gasteiger partial charge in [0.1, 0.15) is 0 Å². The van der Waals surface area contributed by atoms with Crippen LogP contribution in [0.25, 0.3) is 0 Å². The number of carbonyl (C=O) groups excluding carboxylic acids is 2. The van der Waals surface area contributed by atoms with Crippen molar-refractivity contribution in [1.29, 1.82) is 0 Å². The van der Waals surface area contributed by atoms with Crippen molar-refractivity contribution < 1.29 is 34.1 Å². The first-order valence-corrected chi connectivity index (χ1v) is 9.42. The van der Waals surface area contributed by atoms with Gasteiger partial charge in [-0.25, -0.2) is 14.4 Å². The van der Waals surface area contributed by atoms with Crippen molar-refractivity contribution in [3.8, 4) is 0 Å². The Labute approximate surface area is 164 Å². The molecule has 1 aliphatic rings. The van der Waals surface area contributed by atoms with E-state index in [-0.39, 0.29) is 5.92 Å². The average Bonchev–Trinajstić information content (AvgIpc) is 2.67. The van der Waals surface area contributed by atoms with E-state index in [4.69, 9.17) is 24.5 Å². The molecule has 1 amide bonds. The third-order valence-electron chi connectivity index (χ3n) is 4.26. The summed E-state index contributed by atoms with van der Waals surface area (Å²) in [5.74, 6) is -0.0943. The van der Waals surface area contributed by atoms with Crippen LogP contribution in [0.3, 0.4) is 0 Å². The number of hydrogen-bond acceptors (Lipinski definition) is 5. The van der Waals surface area contributed by atoms with Crippen molar-refractivity contribution in [2.24, 2.45) is 11.8 Å². The highest BCUT2D eigenvalue weighted by Crippen LogP contribution is 2.22. The number of hydrogen-bond donors (Lipinski definition) is 3. The lowest BCUT2D eigenvalue weighted by Crippen LogP contribution is -2.37. The minimum Gasteiger partial charge on any atom is -0.450 e. The van der Waals surface area contributed by atoms with E-state index in [0.717, 1.165) is 12.8 Å². The Morgan fingerprint density at radius 2 is 1.61 bits per heavy atom. The lowest BCUT2D eigenvalue weighted by molar-refractivity contribution is -0.0955. The fraction of sp³-hybridized carbons (Fsp3) is 0.550. The molecule has 0 aliphatic heterocycles. The number of carbonyl (C=O) groups is 3. The topological polar surface area (TPSA) is 122 Å². The highest BCUT2D eigenvalue weighted by Gasteiger charge is 2.24. The van der Waals surface area contributed by atoms with E-state index in [9.17, 15) is 9.59 Å². The quantitative estimate of drug-likeness (QED) is 0.483. The summed E-state index contributed by atoms with van der Waals surface area (Å²) in [7, 11) is 0. The van der Waals surface area contributed by atoms with Crippen LogP contribution in [-0.4, -0.2) is 41.3 Å². The standard InChI is InChI=1S/C19H27NO4.CH2O3/c1-14(2)18(23-17(21)16-11-7-4-8-12-16)24-19(22)20-13-15-9-5-3-6-10-15;2-1(3)4/h4,7-8,11-12,14-15,18H,3,5-6,9-10,13H2,1-2H3,(H,20,22);(H2,2,3,4). The molecule has 1 atom stereocenters. The fourth-order valence-corrected chi connectivity index (χ4v) is 2.81. The Balaban J connectivity index is 0.000000892. The number of ether oxygens (including phenoxy) is 2. The molecule has 0 bridgehead atoms. The Bertz CT molecular complexity index is 608. The molecule has 1 aromatic carbocycles. The van der Waals surface area contributed by atoms with Gasteiger partial charge in [-0.05, 0) is 30.9 Å². The summed E-state index contributed by atoms with van der Waals surface area (Å²) in [4.78, 5) is 32.7. The number of benzene rings is 1. The number of carboxylic acid groups (broad SMARTS) is 2. The summed E-state index contributed by atoms with van der Waals surface area (Å²) in [6, 6.07) is 8.69. The molecular formula is C20H29NO7. The van der Waals surface area contributed by atoms with Gasteiger partial charge in [-0.3, -0.25) is 0 Å². The van der Waals surface area contributed by atoms with Crippen molar-refractivity contribution in [3.05, 3.63) is 35.9 Å². The van der Waals surface area contributed by atoms with Crippen molar-refractivity contribution in [2.75, 3.05) is 6.54 Å². The van der Waals surface area contributed by atoms with Gasteiger partial charge in [0.05, 0.1) is 5.56 Å². The lowest BCUT2D eigenvalue weighted by Gasteiger charge is -2.24. The molecule has 1 fully saturated rings. The first-order chi connectivity index (χ1) is 13.3. The van der Waals surface area contributed by atoms with Crippen LogP contribution >= 0.6 is 0 Å². The molecule has 156 valence electrons. The zero-order valence-electron chi connectivity index (χ0n) is 16.3. The molecule has 1 unspecified atom stereocenters. The molecule has 1 aromatic rings. The van der Waals surface area contributed by atoms with E-state index in [0.29, 0.717) is 18.0 Å². The minimum absolute atomic E-state index is 0.127. The van der Waals surface area contributed by atoms with Crippen molar-refractivity contribution in [2.45, 2.75) is 52.2 Å². The van der Waals surface area contributed by atoms with Crippen LogP contribution in [0, 0.1) is 11.8 Å². The van der Waals surface area contributed by atoms with E-state index in [2.05, 4.69) is 5.32 Å². The van der Waals surface area contributed by atoms with Gasteiger partial charge in [0.15, 0.2) is 0 Å². The monoisotopic (exact) mass is 395 g/mol. The molecule has 1 saturated carbocycles. The second-order valence-electron chi connectivity index (χ2n) is 6.96. The van der Waals surface area contributed by atoms with Crippen molar-refractivity contribution in [3.63, 3.8) is 0 Å². The second kappa shape index (κ2) is 12.6. The zero-order valence-corrected chi connectivity index (χ0v) is 16.3. The molecule has 0 aromatic heterocycles. The number of amides is 1. The maximum absolute atomic E-state index is 12.1. The van der Waals surface area contributed by atoms with Gasteiger partial charge >= 0.3 is 18.2 Å². The predicted octanol–water partition coefficient (Wildman–Crippen LogP) is 4.35. The van der Waals surface area contributed by atoms with Gasteiger partial charge < -0.3 is 25.0 Å². The largest absolute Gasteiger partial charge is 0.503 e. The summed E-state index contributed by atoms with van der Waals surface area (Å²) in [5, 5.41) is 16.7. The SMILES string of the molecule is CC(C)C(OC(=O)NCC1CCCCC1)OC(=O)c1ccccc1.O=C(O)O. The lowest BCUT2D eigenvalue weighted by atomic mass is 9.89. The Morgan fingerprint density at radius 1 is 1.04 bits per heavy atom. The molecule has 0 spiro atoms. The number of alkyl carbamates (subject to hydrolysis) is 1. The van der Waals surface area contributed by atoms with E-state index in [1.807, 2.05) is 19.9 Å². The molecule has 3 N–H and O–H groups in total. The van der Waals surface area contributed by atoms with Crippen LogP contribution in [0.1, 0.15) is 56.3 Å². The van der Waals surface area contributed by atoms with Gasteiger partial charge in [0.25, 0.3) is 6.29 Å². The average molecular weight is 395 g/mol. The number of nitrogens with one attached hydrogen (secondary N) is 1. The number of esters is 1. The highest BCUT2D eigenvalue weighted by molar-refractivity contribution is 5.89. The van der Waals surface area contributed by atoms with Gasteiger partial charge in [-0.1, -0.05) is 51.3 Å². The molecular weight excluding hydrogens is 366 g/mol.